The zero-order valence-electron chi connectivity index (χ0n) is 16.8. The van der Waals surface area contributed by atoms with Crippen molar-refractivity contribution in [1.29, 1.82) is 0 Å². The number of carbonyl (C=O) groups is 1. The molecule has 1 aromatic rings. The lowest BCUT2D eigenvalue weighted by Gasteiger charge is -2.37. The molecule has 9 nitrogen and oxygen atoms in total. The Balaban J connectivity index is 1.43. The second-order valence-corrected chi connectivity index (χ2v) is 10.8. The van der Waals surface area contributed by atoms with Gasteiger partial charge in [0.25, 0.3) is 5.56 Å². The van der Waals surface area contributed by atoms with Gasteiger partial charge in [0, 0.05) is 50.7 Å². The lowest BCUT2D eigenvalue weighted by molar-refractivity contribution is -0.119. The van der Waals surface area contributed by atoms with Crippen molar-refractivity contribution in [1.82, 2.24) is 19.7 Å². The van der Waals surface area contributed by atoms with E-state index in [1.165, 1.54) is 14.9 Å². The molecule has 5 atom stereocenters. The minimum absolute atomic E-state index is 0.0791. The van der Waals surface area contributed by atoms with Gasteiger partial charge in [-0.05, 0) is 37.2 Å². The fraction of sp³-hybridized carbons (Fsp3) is 0.684. The van der Waals surface area contributed by atoms with Gasteiger partial charge in [0.1, 0.15) is 0 Å². The summed E-state index contributed by atoms with van der Waals surface area (Å²) in [6, 6.07) is 2.94. The summed E-state index contributed by atoms with van der Waals surface area (Å²) in [5, 5.41) is 2.28. The molecule has 5 unspecified atom stereocenters. The molecule has 2 saturated heterocycles. The largest absolute Gasteiger partial charge is 0.326 e. The van der Waals surface area contributed by atoms with Gasteiger partial charge in [-0.1, -0.05) is 6.92 Å². The van der Waals surface area contributed by atoms with E-state index < -0.39 is 21.2 Å². The second kappa shape index (κ2) is 7.82. The van der Waals surface area contributed by atoms with Crippen molar-refractivity contribution < 1.29 is 13.2 Å². The third-order valence-electron chi connectivity index (χ3n) is 6.52. The number of rotatable bonds is 4. The average molecular weight is 424 g/mol. The van der Waals surface area contributed by atoms with Gasteiger partial charge in [0.15, 0.2) is 0 Å². The van der Waals surface area contributed by atoms with Gasteiger partial charge in [-0.2, -0.15) is 0 Å². The number of hydrogen-bond donors (Lipinski definition) is 3. The van der Waals surface area contributed by atoms with Crippen LogP contribution in [0, 0.1) is 17.8 Å². The number of amides is 1. The maximum atomic E-state index is 13.4. The van der Waals surface area contributed by atoms with Crippen molar-refractivity contribution in [2.24, 2.45) is 24.8 Å². The molecule has 0 radical (unpaired) electrons. The van der Waals surface area contributed by atoms with Crippen LogP contribution < -0.4 is 21.7 Å². The van der Waals surface area contributed by atoms with E-state index in [0.717, 1.165) is 13.0 Å². The fourth-order valence-corrected chi connectivity index (χ4v) is 7.24. The van der Waals surface area contributed by atoms with Gasteiger partial charge in [-0.25, -0.2) is 12.7 Å². The molecule has 10 heteroatoms. The van der Waals surface area contributed by atoms with Gasteiger partial charge < -0.3 is 9.88 Å². The van der Waals surface area contributed by atoms with Crippen LogP contribution in [0.1, 0.15) is 26.2 Å². The molecule has 29 heavy (non-hydrogen) atoms. The van der Waals surface area contributed by atoms with Gasteiger partial charge >= 0.3 is 0 Å². The molecule has 0 bridgehead atoms. The third-order valence-corrected chi connectivity index (χ3v) is 8.82. The second-order valence-electron chi connectivity index (χ2n) is 8.67. The normalized spacial score (nSPS) is 32.8. The monoisotopic (exact) mass is 423 g/mol. The summed E-state index contributed by atoms with van der Waals surface area (Å²) in [6.07, 6.45) is 3.74. The van der Waals surface area contributed by atoms with Crippen LogP contribution in [0.5, 0.6) is 0 Å². The molecule has 4 rings (SSSR count). The molecule has 3 N–H and O–H groups in total. The van der Waals surface area contributed by atoms with E-state index in [-0.39, 0.29) is 24.1 Å². The van der Waals surface area contributed by atoms with E-state index in [4.69, 9.17) is 0 Å². The van der Waals surface area contributed by atoms with Gasteiger partial charge in [0.05, 0.1) is 11.2 Å². The Morgan fingerprint density at radius 3 is 2.86 bits per heavy atom. The Hall–Kier alpha value is -1.75. The van der Waals surface area contributed by atoms with Gasteiger partial charge in [-0.15, -0.1) is 0 Å². The van der Waals surface area contributed by atoms with Gasteiger partial charge in [0.2, 0.25) is 15.9 Å². The number of anilines is 1. The molecule has 1 aromatic heterocycles. The van der Waals surface area contributed by atoms with Crippen molar-refractivity contribution in [2.75, 3.05) is 25.0 Å². The van der Waals surface area contributed by atoms with Crippen molar-refractivity contribution in [3.8, 4) is 0 Å². The van der Waals surface area contributed by atoms with Crippen LogP contribution in [-0.2, 0) is 21.9 Å². The maximum absolute atomic E-state index is 13.4. The van der Waals surface area contributed by atoms with Gasteiger partial charge in [-0.3, -0.25) is 20.4 Å². The summed E-state index contributed by atoms with van der Waals surface area (Å²) in [6.45, 7) is 3.45. The topological polar surface area (TPSA) is 113 Å². The van der Waals surface area contributed by atoms with E-state index in [1.54, 1.807) is 19.3 Å². The number of aryl methyl sites for hydroxylation is 1. The summed E-state index contributed by atoms with van der Waals surface area (Å²) in [4.78, 5) is 24.4. The first kappa shape index (κ1) is 20.5. The molecule has 0 spiro atoms. The number of hydrogen-bond acceptors (Lipinski definition) is 6. The van der Waals surface area contributed by atoms with Crippen LogP contribution in [0.25, 0.3) is 0 Å². The minimum atomic E-state index is -3.50. The predicted molar refractivity (Wildman–Crippen MR) is 110 cm³/mol. The molecule has 0 aromatic carbocycles. The van der Waals surface area contributed by atoms with E-state index in [0.29, 0.717) is 36.9 Å². The van der Waals surface area contributed by atoms with Crippen LogP contribution in [0.15, 0.2) is 23.1 Å². The molecular formula is C19H29N5O4S. The predicted octanol–water partition coefficient (Wildman–Crippen LogP) is -0.133. The molecule has 1 aliphatic carbocycles. The lowest BCUT2D eigenvalue weighted by atomic mass is 9.79. The summed E-state index contributed by atoms with van der Waals surface area (Å²) >= 11 is 0. The molecule has 3 heterocycles. The summed E-state index contributed by atoms with van der Waals surface area (Å²) in [5.41, 5.74) is 6.51. The number of aromatic nitrogens is 1. The SMILES string of the molecule is CC1CC2CNNC2C(S(=O)(=O)N2CCC(C(=O)Nc3ccn(C)c(=O)c3)C2)C1. The number of pyridine rings is 1. The minimum Gasteiger partial charge on any atom is -0.326 e. The number of hydrazine groups is 1. The van der Waals surface area contributed by atoms with Crippen molar-refractivity contribution in [3.63, 3.8) is 0 Å². The Morgan fingerprint density at radius 2 is 2.10 bits per heavy atom. The van der Waals surface area contributed by atoms with Crippen molar-refractivity contribution in [3.05, 3.63) is 28.7 Å². The molecule has 3 aliphatic rings. The first-order valence-electron chi connectivity index (χ1n) is 10.2. The van der Waals surface area contributed by atoms with Crippen LogP contribution in [0.3, 0.4) is 0 Å². The Kier molecular flexibility index (Phi) is 5.54. The van der Waals surface area contributed by atoms with E-state index in [2.05, 4.69) is 23.1 Å². The average Bonchev–Trinajstić information content (AvgIpc) is 3.33. The molecule has 3 fully saturated rings. The highest BCUT2D eigenvalue weighted by Crippen LogP contribution is 2.37. The van der Waals surface area contributed by atoms with Crippen molar-refractivity contribution >= 4 is 21.6 Å². The standard InChI is InChI=1S/C19H29N5O4S/c1-12-7-14-10-20-22-18(14)16(8-12)29(27,28)24-6-3-13(11-24)19(26)21-15-4-5-23(2)17(25)9-15/h4-5,9,12-14,16,18,20,22H,3,6-8,10-11H2,1-2H3,(H,21,26). The highest BCUT2D eigenvalue weighted by atomic mass is 32.2. The zero-order chi connectivity index (χ0) is 20.8. The quantitative estimate of drug-likeness (QED) is 0.622. The highest BCUT2D eigenvalue weighted by Gasteiger charge is 2.48. The van der Waals surface area contributed by atoms with Crippen LogP contribution in [-0.4, -0.2) is 54.1 Å². The van der Waals surface area contributed by atoms with E-state index in [1.807, 2.05) is 0 Å². The van der Waals surface area contributed by atoms with Crippen LogP contribution in [0.4, 0.5) is 5.69 Å². The zero-order valence-corrected chi connectivity index (χ0v) is 17.6. The molecule has 1 saturated carbocycles. The highest BCUT2D eigenvalue weighted by molar-refractivity contribution is 7.89. The van der Waals surface area contributed by atoms with Crippen LogP contribution >= 0.6 is 0 Å². The van der Waals surface area contributed by atoms with Crippen molar-refractivity contribution in [2.45, 2.75) is 37.5 Å². The first-order chi connectivity index (χ1) is 13.8. The molecule has 160 valence electrons. The van der Waals surface area contributed by atoms with Crippen LogP contribution in [0.2, 0.25) is 0 Å². The maximum Gasteiger partial charge on any atom is 0.252 e. The number of sulfonamides is 1. The Bertz CT molecular complexity index is 946. The smallest absolute Gasteiger partial charge is 0.252 e. The number of carbonyl (C=O) groups excluding carboxylic acids is 1. The first-order valence-corrected chi connectivity index (χ1v) is 11.7. The Morgan fingerprint density at radius 1 is 1.31 bits per heavy atom. The Labute approximate surface area is 170 Å². The molecule has 1 amide bonds. The number of fused-ring (bicyclic) bond motifs is 1. The molecular weight excluding hydrogens is 394 g/mol. The molecule has 2 aliphatic heterocycles. The third kappa shape index (κ3) is 3.98. The number of nitrogens with one attached hydrogen (secondary N) is 3. The lowest BCUT2D eigenvalue weighted by Crippen LogP contribution is -2.53. The van der Waals surface area contributed by atoms with E-state index >= 15 is 0 Å². The summed E-state index contributed by atoms with van der Waals surface area (Å²) in [7, 11) is -1.87. The fourth-order valence-electron chi connectivity index (χ4n) is 4.88. The number of nitrogens with zero attached hydrogens (tertiary/aromatic N) is 2. The summed E-state index contributed by atoms with van der Waals surface area (Å²) in [5.74, 6) is 0.0211. The summed E-state index contributed by atoms with van der Waals surface area (Å²) < 4.78 is 29.6. The van der Waals surface area contributed by atoms with E-state index in [9.17, 15) is 18.0 Å².